The Morgan fingerprint density at radius 1 is 0.889 bits per heavy atom. The molecule has 0 saturated carbocycles. The Labute approximate surface area is 258 Å². The van der Waals surface area contributed by atoms with Crippen molar-refractivity contribution in [2.75, 3.05) is 51.0 Å². The quantitative estimate of drug-likeness (QED) is 0.0519. The van der Waals surface area contributed by atoms with E-state index in [1.807, 2.05) is 18.2 Å². The molecule has 0 spiro atoms. The van der Waals surface area contributed by atoms with E-state index in [9.17, 15) is 24.9 Å². The summed E-state index contributed by atoms with van der Waals surface area (Å²) in [5, 5.41) is 37.5. The first-order chi connectivity index (χ1) is 21.8. The molecule has 1 heterocycles. The van der Waals surface area contributed by atoms with Crippen LogP contribution in [0.25, 0.3) is 0 Å². The van der Waals surface area contributed by atoms with Crippen LogP contribution in [0, 0.1) is 15.3 Å². The van der Waals surface area contributed by atoms with E-state index >= 15 is 0 Å². The first-order valence-electron chi connectivity index (χ1n) is 14.4. The minimum Gasteiger partial charge on any atom is -0.571 e. The topological polar surface area (TPSA) is 177 Å². The molecule has 0 atom stereocenters. The lowest BCUT2D eigenvalue weighted by atomic mass is 9.90. The van der Waals surface area contributed by atoms with Crippen molar-refractivity contribution >= 4 is 28.6 Å². The highest BCUT2D eigenvalue weighted by Gasteiger charge is 2.38. The number of nitro groups is 1. The first kappa shape index (κ1) is 30.9. The number of ketones is 2. The minimum absolute atomic E-state index is 0.0154. The van der Waals surface area contributed by atoms with Gasteiger partial charge < -0.3 is 30.6 Å². The Kier molecular flexibility index (Phi) is 9.53. The van der Waals surface area contributed by atoms with Crippen LogP contribution < -0.4 is 30.4 Å². The molecule has 3 aromatic carbocycles. The molecule has 1 aromatic heterocycles. The lowest BCUT2D eigenvalue weighted by molar-refractivity contribution is -0.749. The van der Waals surface area contributed by atoms with Gasteiger partial charge in [0.25, 0.3) is 5.69 Å². The summed E-state index contributed by atoms with van der Waals surface area (Å²) in [7, 11) is 3.14. The summed E-state index contributed by atoms with van der Waals surface area (Å²) in [5.41, 5.74) is 2.51. The van der Waals surface area contributed by atoms with Gasteiger partial charge in [0.05, 0.1) is 25.7 Å². The number of aromatic nitrogens is 3. The fourth-order valence-electron chi connectivity index (χ4n) is 5.20. The first-order valence-corrected chi connectivity index (χ1v) is 14.4. The van der Waals surface area contributed by atoms with E-state index in [0.29, 0.717) is 61.2 Å². The Morgan fingerprint density at radius 3 is 2.38 bits per heavy atom. The molecule has 0 aliphatic heterocycles. The lowest BCUT2D eigenvalue weighted by Crippen LogP contribution is -2.41. The number of hydrogen-bond acceptors (Lipinski definition) is 11. The smallest absolute Gasteiger partial charge is 0.292 e. The van der Waals surface area contributed by atoms with Crippen molar-refractivity contribution in [3.63, 3.8) is 0 Å². The summed E-state index contributed by atoms with van der Waals surface area (Å²) >= 11 is 0. The van der Waals surface area contributed by atoms with Gasteiger partial charge in [0, 0.05) is 52.6 Å². The molecular weight excluding hydrogens is 582 g/mol. The van der Waals surface area contributed by atoms with Crippen molar-refractivity contribution in [2.24, 2.45) is 0 Å². The SMILES string of the molecule is COc1ccc(CCNc2cc(NCCNCCCn3c4c(n[n+]3[O-])C(=O)c3ccccc3C4=O)ccc2[N+](=O)[O-])cc1OC. The van der Waals surface area contributed by atoms with E-state index in [1.54, 1.807) is 50.6 Å². The average Bonchev–Trinajstić information content (AvgIpc) is 3.39. The van der Waals surface area contributed by atoms with Gasteiger partial charge in [-0.3, -0.25) is 19.7 Å². The van der Waals surface area contributed by atoms with Crippen molar-refractivity contribution < 1.29 is 28.9 Å². The van der Waals surface area contributed by atoms with Crippen LogP contribution >= 0.6 is 0 Å². The summed E-state index contributed by atoms with van der Waals surface area (Å²) in [6.45, 7) is 2.32. The number of hydrogen-bond donors (Lipinski definition) is 3. The maximum absolute atomic E-state index is 13.0. The van der Waals surface area contributed by atoms with Crippen molar-refractivity contribution in [3.05, 3.63) is 104 Å². The molecule has 4 aromatic rings. The average molecular weight is 616 g/mol. The second-order valence-electron chi connectivity index (χ2n) is 10.3. The van der Waals surface area contributed by atoms with Crippen LogP contribution in [0.5, 0.6) is 11.5 Å². The number of carbonyl (C=O) groups is 2. The maximum Gasteiger partial charge on any atom is 0.292 e. The molecule has 0 unspecified atom stereocenters. The van der Waals surface area contributed by atoms with E-state index in [2.05, 4.69) is 21.0 Å². The summed E-state index contributed by atoms with van der Waals surface area (Å²) in [5.74, 6) is 0.423. The Balaban J connectivity index is 1.09. The van der Waals surface area contributed by atoms with E-state index in [-0.39, 0.29) is 34.7 Å². The van der Waals surface area contributed by atoms with Gasteiger partial charge in [0.15, 0.2) is 17.2 Å². The molecular formula is C31H33N7O7. The fraction of sp³-hybridized carbons (Fsp3) is 0.290. The van der Waals surface area contributed by atoms with Crippen molar-refractivity contribution in [3.8, 4) is 11.5 Å². The number of fused-ring (bicyclic) bond motifs is 2. The number of methoxy groups -OCH3 is 2. The van der Waals surface area contributed by atoms with Crippen LogP contribution in [-0.4, -0.2) is 66.7 Å². The Bertz CT molecular complexity index is 1740. The maximum atomic E-state index is 13.0. The van der Waals surface area contributed by atoms with Gasteiger partial charge in [-0.2, -0.15) is 0 Å². The largest absolute Gasteiger partial charge is 0.571 e. The number of rotatable bonds is 15. The van der Waals surface area contributed by atoms with Gasteiger partial charge in [0.2, 0.25) is 17.3 Å². The van der Waals surface area contributed by atoms with Gasteiger partial charge in [-0.1, -0.05) is 30.3 Å². The van der Waals surface area contributed by atoms with Crippen LogP contribution in [0.3, 0.4) is 0 Å². The van der Waals surface area contributed by atoms with Gasteiger partial charge in [0.1, 0.15) is 5.69 Å². The molecule has 5 rings (SSSR count). The number of benzene rings is 3. The zero-order valence-electron chi connectivity index (χ0n) is 24.9. The Hall–Kier alpha value is -5.50. The Morgan fingerprint density at radius 2 is 1.64 bits per heavy atom. The molecule has 234 valence electrons. The number of ether oxygens (including phenoxy) is 2. The van der Waals surface area contributed by atoms with Gasteiger partial charge >= 0.3 is 0 Å². The fourth-order valence-corrected chi connectivity index (χ4v) is 5.20. The number of nitrogens with one attached hydrogen (secondary N) is 3. The zero-order valence-corrected chi connectivity index (χ0v) is 24.9. The van der Waals surface area contributed by atoms with Crippen LogP contribution in [0.4, 0.5) is 17.1 Å². The third kappa shape index (κ3) is 6.70. The number of carbonyl (C=O) groups excluding carboxylic acids is 2. The van der Waals surface area contributed by atoms with E-state index in [0.717, 1.165) is 11.3 Å². The molecule has 14 heteroatoms. The molecule has 0 radical (unpaired) electrons. The molecule has 3 N–H and O–H groups in total. The monoisotopic (exact) mass is 615 g/mol. The van der Waals surface area contributed by atoms with Crippen LogP contribution in [0.1, 0.15) is 44.1 Å². The second-order valence-corrected chi connectivity index (χ2v) is 10.3. The molecule has 0 saturated heterocycles. The summed E-state index contributed by atoms with van der Waals surface area (Å²) in [4.78, 5) is 37.3. The van der Waals surface area contributed by atoms with Crippen molar-refractivity contribution in [1.82, 2.24) is 15.1 Å². The molecule has 0 fully saturated rings. The predicted molar refractivity (Wildman–Crippen MR) is 165 cm³/mol. The van der Waals surface area contributed by atoms with Crippen molar-refractivity contribution in [2.45, 2.75) is 19.4 Å². The molecule has 1 aliphatic rings. The predicted octanol–water partition coefficient (Wildman–Crippen LogP) is 2.96. The van der Waals surface area contributed by atoms with Gasteiger partial charge in [-0.15, -0.1) is 4.68 Å². The third-order valence-electron chi connectivity index (χ3n) is 7.45. The molecule has 45 heavy (non-hydrogen) atoms. The minimum atomic E-state index is -0.435. The van der Waals surface area contributed by atoms with Crippen LogP contribution in [-0.2, 0) is 13.0 Å². The zero-order chi connectivity index (χ0) is 31.9. The van der Waals surface area contributed by atoms with E-state index in [1.165, 1.54) is 10.7 Å². The van der Waals surface area contributed by atoms with E-state index in [4.69, 9.17) is 9.47 Å². The molecule has 1 aliphatic carbocycles. The standard InChI is InChI=1S/C31H33N7O7/c1-44-26-11-8-20(18-27(26)45-2)12-14-34-24-19-21(9-10-25(24)37(41)42)33-16-15-32-13-5-17-36-29-28(35-38(36)43)30(39)22-6-3-4-7-23(22)31(29)40/h3-4,6-11,18-19,32-34H,5,12-17H2,1-2H3. The number of nitrogens with zero attached hydrogens (tertiary/aromatic N) is 4. The van der Waals surface area contributed by atoms with Crippen molar-refractivity contribution in [1.29, 1.82) is 0 Å². The van der Waals surface area contributed by atoms with Crippen LogP contribution in [0.2, 0.25) is 0 Å². The van der Waals surface area contributed by atoms with Crippen LogP contribution in [0.15, 0.2) is 60.7 Å². The molecule has 14 nitrogen and oxygen atoms in total. The van der Waals surface area contributed by atoms with Gasteiger partial charge in [-0.05, 0) is 49.2 Å². The lowest BCUT2D eigenvalue weighted by Gasteiger charge is -2.13. The molecule has 0 amide bonds. The second kappa shape index (κ2) is 13.9. The van der Waals surface area contributed by atoms with Gasteiger partial charge in [-0.25, -0.2) is 0 Å². The number of anilines is 2. The van der Waals surface area contributed by atoms with E-state index < -0.39 is 16.5 Å². The number of nitro benzene ring substituents is 1. The normalized spacial score (nSPS) is 12.0. The summed E-state index contributed by atoms with van der Waals surface area (Å²) in [6.07, 6.45) is 1.13. The summed E-state index contributed by atoms with van der Waals surface area (Å²) in [6, 6.07) is 16.9. The summed E-state index contributed by atoms with van der Waals surface area (Å²) < 4.78 is 11.8. The third-order valence-corrected chi connectivity index (χ3v) is 7.45. The molecule has 0 bridgehead atoms. The highest BCUT2D eigenvalue weighted by molar-refractivity contribution is 6.26. The highest BCUT2D eigenvalue weighted by atomic mass is 16.6. The highest BCUT2D eigenvalue weighted by Crippen LogP contribution is 2.30.